The molecule has 12 N–H and O–H groups in total. The highest BCUT2D eigenvalue weighted by Gasteiger charge is 2.52. The first-order valence-corrected chi connectivity index (χ1v) is 19.9. The number of aromatic hydroxyl groups is 1. The van der Waals surface area contributed by atoms with Crippen LogP contribution in [0.4, 0.5) is 0 Å². The number of carboxylic acids is 1. The van der Waals surface area contributed by atoms with Gasteiger partial charge in [0, 0.05) is 43.1 Å². The fourth-order valence-corrected chi connectivity index (χ4v) is 7.86. The predicted molar refractivity (Wildman–Crippen MR) is 173 cm³/mol. The number of H-pyrrole nitrogens is 1. The van der Waals surface area contributed by atoms with E-state index in [1.54, 1.807) is 0 Å². The molecule has 27 nitrogen and oxygen atoms in total. The minimum Gasteiger partial charge on any atom is -0.506 e. The molecule has 2 aromatic heterocycles. The second kappa shape index (κ2) is 17.5. The molecule has 2 unspecified atom stereocenters. The van der Waals surface area contributed by atoms with Crippen LogP contribution in [0.2, 0.25) is 0 Å². The number of aryl methyl sites for hydroxylation is 1. The largest absolute Gasteiger partial charge is 0.506 e. The number of amides is 1. The standard InChI is InChI=1S/C25H36N5O22P3/c1-9-17(33)12(11(5-26-9)7-47-53(40,41)42)6-27-15-16(28-10(2)31)24(50-21(19(15)35)23(37)38)51-55(45,46)52-54(43,44)48-8-13-18(34)20(36)22(49-13)30-4-3-14(32)29-25(30)39/h3-5,13,15-16,18-22,24,27,33-36H,6-8H2,1-2H3,(H,28,31)(H,37,38)(H,43,44)(H,45,46)(H,29,32,39)(H2,40,41,42)/t13-,15+,16+,18-,19-,20-,21-,22+,24+/m0/s1. The summed E-state index contributed by atoms with van der Waals surface area (Å²) in [7, 11) is -16.7. The second-order valence-corrected chi connectivity index (χ2v) is 16.1. The first-order chi connectivity index (χ1) is 25.4. The summed E-state index contributed by atoms with van der Waals surface area (Å²) in [6, 6.07) is -2.69. The van der Waals surface area contributed by atoms with Crippen molar-refractivity contribution in [2.75, 3.05) is 6.61 Å². The van der Waals surface area contributed by atoms with E-state index in [0.717, 1.165) is 25.4 Å². The van der Waals surface area contributed by atoms with Gasteiger partial charge in [0.1, 0.15) is 30.2 Å². The number of hydrogen-bond acceptors (Lipinski definition) is 19. The Kier molecular flexibility index (Phi) is 14.1. The van der Waals surface area contributed by atoms with Crippen LogP contribution >= 0.6 is 23.5 Å². The minimum atomic E-state index is -5.94. The van der Waals surface area contributed by atoms with Gasteiger partial charge in [-0.1, -0.05) is 0 Å². The molecule has 2 aromatic rings. The van der Waals surface area contributed by atoms with Crippen LogP contribution in [-0.2, 0) is 63.8 Å². The van der Waals surface area contributed by atoms with Gasteiger partial charge in [0.25, 0.3) is 5.56 Å². The third-order valence-corrected chi connectivity index (χ3v) is 11.0. The number of phosphoric acid groups is 3. The van der Waals surface area contributed by atoms with Crippen molar-refractivity contribution >= 4 is 35.3 Å². The van der Waals surface area contributed by atoms with Gasteiger partial charge in [-0.2, -0.15) is 4.31 Å². The molecule has 0 bridgehead atoms. The zero-order valence-electron chi connectivity index (χ0n) is 28.1. The number of aliphatic hydroxyl groups excluding tert-OH is 3. The number of nitrogens with zero attached hydrogens (tertiary/aromatic N) is 2. The predicted octanol–water partition coefficient (Wildman–Crippen LogP) is -3.74. The lowest BCUT2D eigenvalue weighted by atomic mass is 9.93. The Hall–Kier alpha value is -3.30. The smallest absolute Gasteiger partial charge is 0.483 e. The Morgan fingerprint density at radius 3 is 2.27 bits per heavy atom. The van der Waals surface area contributed by atoms with Crippen molar-refractivity contribution in [1.82, 2.24) is 25.2 Å². The molecular weight excluding hydrogens is 815 g/mol. The molecule has 55 heavy (non-hydrogen) atoms. The number of carboxylic acid groups (broad SMARTS) is 1. The Bertz CT molecular complexity index is 2010. The van der Waals surface area contributed by atoms with Crippen molar-refractivity contribution < 1.29 is 95.7 Å². The molecule has 0 aromatic carbocycles. The van der Waals surface area contributed by atoms with Crippen LogP contribution in [0.25, 0.3) is 0 Å². The molecular formula is C25H36N5O22P3. The number of aromatic nitrogens is 3. The third-order valence-electron chi connectivity index (χ3n) is 7.89. The number of phosphoric ester groups is 3. The van der Waals surface area contributed by atoms with E-state index in [-0.39, 0.29) is 16.8 Å². The summed E-state index contributed by atoms with van der Waals surface area (Å²) in [6.45, 7) is -0.244. The lowest BCUT2D eigenvalue weighted by molar-refractivity contribution is -0.224. The Labute approximate surface area is 306 Å². The molecule has 2 aliphatic heterocycles. The molecule has 0 spiro atoms. The molecule has 4 rings (SSSR count). The van der Waals surface area contributed by atoms with Crippen LogP contribution in [0.1, 0.15) is 30.0 Å². The van der Waals surface area contributed by atoms with Crippen molar-refractivity contribution in [3.63, 3.8) is 0 Å². The van der Waals surface area contributed by atoms with Gasteiger partial charge in [0.05, 0.1) is 31.0 Å². The van der Waals surface area contributed by atoms with Gasteiger partial charge in [0.15, 0.2) is 18.6 Å². The van der Waals surface area contributed by atoms with Crippen LogP contribution in [0, 0.1) is 6.92 Å². The quantitative estimate of drug-likeness (QED) is 0.0722. The number of aliphatic hydroxyl groups is 3. The second-order valence-electron chi connectivity index (χ2n) is 11.8. The Morgan fingerprint density at radius 2 is 1.67 bits per heavy atom. The molecule has 0 saturated carbocycles. The summed E-state index contributed by atoms with van der Waals surface area (Å²) in [4.78, 5) is 92.4. The topological polar surface area (TPSA) is 415 Å². The van der Waals surface area contributed by atoms with E-state index >= 15 is 0 Å². The van der Waals surface area contributed by atoms with Crippen LogP contribution in [0.15, 0.2) is 28.0 Å². The van der Waals surface area contributed by atoms with E-state index in [9.17, 15) is 68.2 Å². The highest BCUT2D eigenvalue weighted by molar-refractivity contribution is 7.61. The van der Waals surface area contributed by atoms with Crippen molar-refractivity contribution in [2.45, 2.75) is 82.1 Å². The number of rotatable bonds is 16. The number of aromatic amines is 1. The molecule has 0 aliphatic carbocycles. The first-order valence-electron chi connectivity index (χ1n) is 15.4. The van der Waals surface area contributed by atoms with E-state index < -0.39 is 127 Å². The van der Waals surface area contributed by atoms with Crippen molar-refractivity contribution in [3.05, 3.63) is 56.1 Å². The summed E-state index contributed by atoms with van der Waals surface area (Å²) in [5, 5.41) is 56.9. The maximum atomic E-state index is 13.0. The van der Waals surface area contributed by atoms with Crippen molar-refractivity contribution in [2.24, 2.45) is 0 Å². The SMILES string of the molecule is CC(=O)N[C@H]1[C@@H](OP(=O)(O)OP(=O)(O)OC[C@@H]2O[C@@H](n3ccc(=O)[nH]c3=O)[C@@H](O)[C@H]2O)O[C@H](C(=O)O)[C@@H](O)[C@@H]1NCc1c(COP(=O)(O)O)cnc(C)c1O. The van der Waals surface area contributed by atoms with Gasteiger partial charge in [-0.25, -0.2) is 23.3 Å². The van der Waals surface area contributed by atoms with Crippen LogP contribution in [-0.4, -0.2) is 127 Å². The van der Waals surface area contributed by atoms with Crippen LogP contribution < -0.4 is 21.9 Å². The zero-order valence-corrected chi connectivity index (χ0v) is 30.8. The fourth-order valence-electron chi connectivity index (χ4n) is 5.39. The van der Waals surface area contributed by atoms with Gasteiger partial charge in [-0.05, 0) is 6.92 Å². The number of carbonyl (C=O) groups is 2. The molecule has 2 fully saturated rings. The van der Waals surface area contributed by atoms with E-state index in [1.807, 2.05) is 4.98 Å². The third kappa shape index (κ3) is 11.4. The van der Waals surface area contributed by atoms with E-state index in [4.69, 9.17) is 23.8 Å². The first kappa shape index (κ1) is 44.4. The summed E-state index contributed by atoms with van der Waals surface area (Å²) in [5.41, 5.74) is -2.08. The highest BCUT2D eigenvalue weighted by atomic mass is 31.3. The molecule has 2 saturated heterocycles. The van der Waals surface area contributed by atoms with Crippen LogP contribution in [0.3, 0.4) is 0 Å². The lowest BCUT2D eigenvalue weighted by Crippen LogP contribution is -2.69. The maximum absolute atomic E-state index is 13.0. The monoisotopic (exact) mass is 851 g/mol. The van der Waals surface area contributed by atoms with E-state index in [1.165, 1.54) is 6.92 Å². The molecule has 2 aliphatic rings. The minimum absolute atomic E-state index is 0.00977. The maximum Gasteiger partial charge on any atom is 0.483 e. The number of pyridine rings is 1. The molecule has 1 amide bonds. The molecule has 308 valence electrons. The number of hydrogen-bond donors (Lipinski definition) is 12. The van der Waals surface area contributed by atoms with Crippen molar-refractivity contribution in [3.8, 4) is 5.75 Å². The van der Waals surface area contributed by atoms with E-state index in [0.29, 0.717) is 4.57 Å². The average molecular weight is 851 g/mol. The Balaban J connectivity index is 1.52. The summed E-state index contributed by atoms with van der Waals surface area (Å²) in [6.07, 6.45) is -11.9. The summed E-state index contributed by atoms with van der Waals surface area (Å²) >= 11 is 0. The molecule has 0 radical (unpaired) electrons. The van der Waals surface area contributed by atoms with Gasteiger partial charge in [0.2, 0.25) is 5.91 Å². The zero-order chi connectivity index (χ0) is 41.2. The number of ether oxygens (including phenoxy) is 2. The molecule has 4 heterocycles. The summed E-state index contributed by atoms with van der Waals surface area (Å²) in [5.74, 6) is -3.33. The lowest BCUT2D eigenvalue weighted by Gasteiger charge is -2.44. The molecule has 30 heteroatoms. The average Bonchev–Trinajstić information content (AvgIpc) is 3.33. The Morgan fingerprint density at radius 1 is 1.00 bits per heavy atom. The van der Waals surface area contributed by atoms with Crippen molar-refractivity contribution in [1.29, 1.82) is 0 Å². The van der Waals surface area contributed by atoms with Gasteiger partial charge in [-0.3, -0.25) is 37.7 Å². The molecule has 11 atom stereocenters. The number of carbonyl (C=O) groups excluding carboxylic acids is 1. The van der Waals surface area contributed by atoms with Crippen LogP contribution in [0.5, 0.6) is 5.75 Å². The number of aliphatic carboxylic acids is 1. The fraction of sp³-hybridized carbons (Fsp3) is 0.560. The van der Waals surface area contributed by atoms with Gasteiger partial charge >= 0.3 is 35.1 Å². The summed E-state index contributed by atoms with van der Waals surface area (Å²) < 4.78 is 66.4. The highest BCUT2D eigenvalue weighted by Crippen LogP contribution is 2.61. The van der Waals surface area contributed by atoms with Gasteiger partial charge in [-0.15, -0.1) is 0 Å². The normalized spacial score (nSPS) is 29.3. The van der Waals surface area contributed by atoms with Gasteiger partial charge < -0.3 is 65.2 Å². The van der Waals surface area contributed by atoms with E-state index in [2.05, 4.69) is 29.0 Å². The number of nitrogens with one attached hydrogen (secondary N) is 3.